The first-order chi connectivity index (χ1) is 8.49. The van der Waals surface area contributed by atoms with Crippen molar-refractivity contribution in [1.29, 1.82) is 0 Å². The van der Waals surface area contributed by atoms with Crippen molar-refractivity contribution in [2.24, 2.45) is 5.41 Å². The first-order valence-corrected chi connectivity index (χ1v) is 6.70. The Morgan fingerprint density at radius 3 is 2.50 bits per heavy atom. The highest BCUT2D eigenvalue weighted by molar-refractivity contribution is 5.75. The summed E-state index contributed by atoms with van der Waals surface area (Å²) >= 11 is 0. The number of amides is 2. The van der Waals surface area contributed by atoms with Crippen LogP contribution in [0, 0.1) is 5.41 Å². The minimum atomic E-state index is -0.879. The summed E-state index contributed by atoms with van der Waals surface area (Å²) in [4.78, 5) is 23.6. The number of carbonyl (C=O) groups excluding carboxylic acids is 1. The van der Waals surface area contributed by atoms with E-state index < -0.39 is 5.97 Å². The predicted octanol–water partition coefficient (Wildman–Crippen LogP) is 2.07. The second-order valence-corrected chi connectivity index (χ2v) is 5.33. The molecule has 5 heteroatoms. The Kier molecular flexibility index (Phi) is 5.44. The molecule has 5 nitrogen and oxygen atoms in total. The molecule has 18 heavy (non-hydrogen) atoms. The monoisotopic (exact) mass is 256 g/mol. The third kappa shape index (κ3) is 4.20. The number of rotatable bonds is 7. The maximum Gasteiger partial charge on any atom is 0.317 e. The summed E-state index contributed by atoms with van der Waals surface area (Å²) < 4.78 is 0. The summed E-state index contributed by atoms with van der Waals surface area (Å²) in [6, 6.07) is -0.168. The lowest BCUT2D eigenvalue weighted by atomic mass is 9.66. The maximum atomic E-state index is 11.8. The Morgan fingerprint density at radius 1 is 1.39 bits per heavy atom. The molecule has 0 unspecified atom stereocenters. The van der Waals surface area contributed by atoms with Crippen LogP contribution >= 0.6 is 0 Å². The quantitative estimate of drug-likeness (QED) is 0.732. The van der Waals surface area contributed by atoms with Crippen LogP contribution in [0.2, 0.25) is 0 Å². The number of aliphatic carboxylic acids is 1. The summed E-state index contributed by atoms with van der Waals surface area (Å²) in [6.45, 7) is 3.14. The number of hydrogen-bond donors (Lipinski definition) is 2. The fraction of sp³-hybridized carbons (Fsp3) is 0.846. The molecule has 2 N–H and O–H groups in total. The molecule has 0 heterocycles. The SMILES string of the molecule is CCCC1(CNC(=O)N(C)CCC(=O)O)CCC1. The van der Waals surface area contributed by atoms with E-state index in [0.29, 0.717) is 5.41 Å². The van der Waals surface area contributed by atoms with E-state index in [9.17, 15) is 9.59 Å². The third-order valence-electron chi connectivity index (χ3n) is 3.82. The molecular formula is C13H24N2O3. The molecule has 1 fully saturated rings. The second kappa shape index (κ2) is 6.61. The van der Waals surface area contributed by atoms with Crippen LogP contribution in [0.1, 0.15) is 45.4 Å². The first kappa shape index (κ1) is 14.8. The van der Waals surface area contributed by atoms with E-state index in [2.05, 4.69) is 12.2 Å². The summed E-state index contributed by atoms with van der Waals surface area (Å²) in [6.07, 6.45) is 5.94. The van der Waals surface area contributed by atoms with Gasteiger partial charge in [-0.25, -0.2) is 4.79 Å². The Labute approximate surface area is 109 Å². The van der Waals surface area contributed by atoms with Crippen LogP contribution in [0.5, 0.6) is 0 Å². The van der Waals surface area contributed by atoms with Gasteiger partial charge in [-0.15, -0.1) is 0 Å². The molecule has 1 aliphatic rings. The van der Waals surface area contributed by atoms with E-state index >= 15 is 0 Å². The van der Waals surface area contributed by atoms with Gasteiger partial charge in [0, 0.05) is 20.1 Å². The van der Waals surface area contributed by atoms with E-state index in [0.717, 1.165) is 19.4 Å². The zero-order valence-corrected chi connectivity index (χ0v) is 11.4. The van der Waals surface area contributed by atoms with Crippen molar-refractivity contribution >= 4 is 12.0 Å². The molecule has 0 aromatic heterocycles. The fourth-order valence-electron chi connectivity index (χ4n) is 2.49. The van der Waals surface area contributed by atoms with E-state index in [4.69, 9.17) is 5.11 Å². The van der Waals surface area contributed by atoms with Gasteiger partial charge in [0.25, 0.3) is 0 Å². The van der Waals surface area contributed by atoms with Gasteiger partial charge in [0.1, 0.15) is 0 Å². The van der Waals surface area contributed by atoms with Gasteiger partial charge in [0.15, 0.2) is 0 Å². The first-order valence-electron chi connectivity index (χ1n) is 6.70. The zero-order chi connectivity index (χ0) is 13.6. The van der Waals surface area contributed by atoms with Crippen molar-refractivity contribution in [3.8, 4) is 0 Å². The van der Waals surface area contributed by atoms with Crippen molar-refractivity contribution in [2.45, 2.75) is 45.4 Å². The number of nitrogens with one attached hydrogen (secondary N) is 1. The summed E-state index contributed by atoms with van der Waals surface area (Å²) in [5.41, 5.74) is 0.304. The van der Waals surface area contributed by atoms with Gasteiger partial charge in [0.2, 0.25) is 0 Å². The van der Waals surface area contributed by atoms with Gasteiger partial charge in [-0.05, 0) is 24.7 Å². The molecule has 0 saturated heterocycles. The molecule has 1 rings (SSSR count). The maximum absolute atomic E-state index is 11.8. The average molecular weight is 256 g/mol. The van der Waals surface area contributed by atoms with Crippen molar-refractivity contribution in [2.75, 3.05) is 20.1 Å². The van der Waals surface area contributed by atoms with Crippen molar-refractivity contribution in [3.63, 3.8) is 0 Å². The van der Waals surface area contributed by atoms with Crippen LogP contribution in [0.15, 0.2) is 0 Å². The Balaban J connectivity index is 2.29. The molecule has 0 aromatic carbocycles. The minimum Gasteiger partial charge on any atom is -0.481 e. The van der Waals surface area contributed by atoms with Crippen LogP contribution < -0.4 is 5.32 Å². The molecule has 104 valence electrons. The van der Waals surface area contributed by atoms with Crippen LogP contribution in [0.25, 0.3) is 0 Å². The third-order valence-corrected chi connectivity index (χ3v) is 3.82. The normalized spacial score (nSPS) is 16.8. The lowest BCUT2D eigenvalue weighted by Gasteiger charge is -2.42. The number of hydrogen-bond acceptors (Lipinski definition) is 2. The van der Waals surface area contributed by atoms with Gasteiger partial charge < -0.3 is 15.3 Å². The van der Waals surface area contributed by atoms with Crippen LogP contribution in [0.4, 0.5) is 4.79 Å². The Bertz CT molecular complexity index is 301. The van der Waals surface area contributed by atoms with Crippen LogP contribution in [0.3, 0.4) is 0 Å². The molecule has 1 saturated carbocycles. The van der Waals surface area contributed by atoms with Crippen molar-refractivity contribution in [3.05, 3.63) is 0 Å². The highest BCUT2D eigenvalue weighted by Crippen LogP contribution is 2.44. The molecule has 1 aliphatic carbocycles. The Hall–Kier alpha value is -1.26. The van der Waals surface area contributed by atoms with Gasteiger partial charge in [0.05, 0.1) is 6.42 Å². The molecule has 0 aromatic rings. The fourth-order valence-corrected chi connectivity index (χ4v) is 2.49. The molecule has 0 atom stereocenters. The highest BCUT2D eigenvalue weighted by Gasteiger charge is 2.36. The highest BCUT2D eigenvalue weighted by atomic mass is 16.4. The van der Waals surface area contributed by atoms with Gasteiger partial charge in [-0.3, -0.25) is 4.79 Å². The topological polar surface area (TPSA) is 69.6 Å². The van der Waals surface area contributed by atoms with E-state index in [1.54, 1.807) is 7.05 Å². The van der Waals surface area contributed by atoms with E-state index in [1.165, 1.54) is 24.2 Å². The molecule has 2 amide bonds. The molecule has 0 spiro atoms. The predicted molar refractivity (Wildman–Crippen MR) is 69.5 cm³/mol. The summed E-state index contributed by atoms with van der Waals surface area (Å²) in [7, 11) is 1.63. The van der Waals surface area contributed by atoms with Gasteiger partial charge >= 0.3 is 12.0 Å². The summed E-state index contributed by atoms with van der Waals surface area (Å²) in [5, 5.41) is 11.5. The number of carboxylic acid groups (broad SMARTS) is 1. The van der Waals surface area contributed by atoms with Gasteiger partial charge in [-0.2, -0.15) is 0 Å². The largest absolute Gasteiger partial charge is 0.481 e. The van der Waals surface area contributed by atoms with Crippen molar-refractivity contribution < 1.29 is 14.7 Å². The molecular weight excluding hydrogens is 232 g/mol. The Morgan fingerprint density at radius 2 is 2.06 bits per heavy atom. The lowest BCUT2D eigenvalue weighted by molar-refractivity contribution is -0.137. The zero-order valence-electron chi connectivity index (χ0n) is 11.4. The molecule has 0 bridgehead atoms. The molecule has 0 aliphatic heterocycles. The van der Waals surface area contributed by atoms with E-state index in [-0.39, 0.29) is 19.0 Å². The van der Waals surface area contributed by atoms with E-state index in [1.807, 2.05) is 0 Å². The summed E-state index contributed by atoms with van der Waals surface area (Å²) in [5.74, 6) is -0.879. The van der Waals surface area contributed by atoms with Crippen LogP contribution in [-0.2, 0) is 4.79 Å². The lowest BCUT2D eigenvalue weighted by Crippen LogP contribution is -2.46. The van der Waals surface area contributed by atoms with Crippen LogP contribution in [-0.4, -0.2) is 42.1 Å². The standard InChI is InChI=1S/C13H24N2O3/c1-3-6-13(7-4-8-13)10-14-12(18)15(2)9-5-11(16)17/h3-10H2,1-2H3,(H,14,18)(H,16,17). The second-order valence-electron chi connectivity index (χ2n) is 5.33. The van der Waals surface area contributed by atoms with Gasteiger partial charge in [-0.1, -0.05) is 19.8 Å². The van der Waals surface area contributed by atoms with Crippen molar-refractivity contribution in [1.82, 2.24) is 10.2 Å². The number of urea groups is 1. The number of carboxylic acids is 1. The number of nitrogens with zero attached hydrogens (tertiary/aromatic N) is 1. The number of carbonyl (C=O) groups is 2. The average Bonchev–Trinajstić information content (AvgIpc) is 2.28. The smallest absolute Gasteiger partial charge is 0.317 e. The minimum absolute atomic E-state index is 0.00990. The molecule has 0 radical (unpaired) electrons.